The topological polar surface area (TPSA) is 91.8 Å². The Morgan fingerprint density at radius 2 is 1.16 bits per heavy atom. The van der Waals surface area contributed by atoms with E-state index in [4.69, 9.17) is 14.5 Å². The molecule has 2 aliphatic heterocycles. The van der Waals surface area contributed by atoms with Gasteiger partial charge in [0.1, 0.15) is 34.0 Å². The van der Waals surface area contributed by atoms with Gasteiger partial charge in [-0.1, -0.05) is 60.7 Å². The maximum atomic E-state index is 12.3. The molecule has 14 heteroatoms. The van der Waals surface area contributed by atoms with E-state index in [1.54, 1.807) is 49.5 Å². The SMILES string of the molecule is COCCN(CCOC)CC1CCN(c2ncnc3scc(-c4ccccc4)c23)CC1.FC(F)CNCC1CCN(c2ncnc3scc(-c4ccccc4)c23)CC1. The molecule has 308 valence electrons. The van der Waals surface area contributed by atoms with Gasteiger partial charge in [-0.3, -0.25) is 4.90 Å². The highest BCUT2D eigenvalue weighted by atomic mass is 32.1. The lowest BCUT2D eigenvalue weighted by molar-refractivity contribution is 0.100. The number of benzene rings is 2. The highest BCUT2D eigenvalue weighted by Crippen LogP contribution is 2.40. The van der Waals surface area contributed by atoms with Crippen molar-refractivity contribution in [2.45, 2.75) is 32.1 Å². The molecule has 0 saturated carbocycles. The summed E-state index contributed by atoms with van der Waals surface area (Å²) in [5.74, 6) is 3.20. The number of anilines is 2. The van der Waals surface area contributed by atoms with Gasteiger partial charge < -0.3 is 24.6 Å². The molecule has 0 aliphatic carbocycles. The molecule has 0 amide bonds. The minimum Gasteiger partial charge on any atom is -0.383 e. The number of halogens is 2. The Balaban J connectivity index is 0.000000178. The molecule has 1 N–H and O–H groups in total. The maximum absolute atomic E-state index is 12.3. The quantitative estimate of drug-likeness (QED) is 0.102. The highest BCUT2D eigenvalue weighted by Gasteiger charge is 2.26. The molecule has 0 spiro atoms. The number of ether oxygens (including phenoxy) is 2. The van der Waals surface area contributed by atoms with Crippen molar-refractivity contribution in [1.82, 2.24) is 30.2 Å². The molecule has 58 heavy (non-hydrogen) atoms. The minimum atomic E-state index is -2.28. The summed E-state index contributed by atoms with van der Waals surface area (Å²) in [5, 5.41) is 9.55. The largest absolute Gasteiger partial charge is 0.383 e. The molecule has 0 bridgehead atoms. The Hall–Kier alpha value is -4.18. The summed E-state index contributed by atoms with van der Waals surface area (Å²) in [7, 11) is 3.53. The van der Waals surface area contributed by atoms with Crippen LogP contribution in [0.25, 0.3) is 42.7 Å². The van der Waals surface area contributed by atoms with E-state index < -0.39 is 6.43 Å². The standard InChI is InChI=1S/C24H32N4O2S.C20H22F2N4S/c1-29-14-12-27(13-15-30-2)16-19-8-10-28(11-9-19)23-22-21(20-6-4-3-5-7-20)17-31-24(22)26-18-25-23;21-17(22)11-23-10-14-6-8-26(9-7-14)19-18-16(15-4-2-1-3-5-15)12-27-20(18)25-13-24-19/h3-7,17-19H,8-16H2,1-2H3;1-5,12-14,17,23H,6-11H2. The molecule has 0 unspecified atom stereocenters. The van der Waals surface area contributed by atoms with E-state index in [-0.39, 0.29) is 6.54 Å². The van der Waals surface area contributed by atoms with Crippen molar-refractivity contribution in [1.29, 1.82) is 0 Å². The maximum Gasteiger partial charge on any atom is 0.250 e. The molecule has 6 heterocycles. The summed E-state index contributed by atoms with van der Waals surface area (Å²) >= 11 is 3.35. The number of piperidine rings is 2. The number of nitrogens with zero attached hydrogens (tertiary/aromatic N) is 7. The molecule has 6 aromatic rings. The third-order valence-electron chi connectivity index (χ3n) is 11.2. The van der Waals surface area contributed by atoms with Gasteiger partial charge in [0.25, 0.3) is 6.43 Å². The summed E-state index contributed by atoms with van der Waals surface area (Å²) in [6, 6.07) is 20.9. The van der Waals surface area contributed by atoms with E-state index in [0.29, 0.717) is 18.4 Å². The average molecular weight is 829 g/mol. The number of rotatable bonds is 16. The lowest BCUT2D eigenvalue weighted by Crippen LogP contribution is -2.41. The normalized spacial score (nSPS) is 15.5. The van der Waals surface area contributed by atoms with Crippen LogP contribution in [0.5, 0.6) is 0 Å². The van der Waals surface area contributed by atoms with Gasteiger partial charge in [-0.2, -0.15) is 0 Å². The van der Waals surface area contributed by atoms with Crippen LogP contribution in [0.1, 0.15) is 25.7 Å². The first-order chi connectivity index (χ1) is 28.5. The van der Waals surface area contributed by atoms with Gasteiger partial charge in [0.15, 0.2) is 0 Å². The number of hydrogen-bond donors (Lipinski definition) is 1. The van der Waals surface area contributed by atoms with Crippen LogP contribution in [0.4, 0.5) is 20.4 Å². The van der Waals surface area contributed by atoms with Crippen molar-refractivity contribution in [2.75, 3.05) is 96.1 Å². The molecule has 0 radical (unpaired) electrons. The van der Waals surface area contributed by atoms with E-state index in [0.717, 1.165) is 98.6 Å². The lowest BCUT2D eigenvalue weighted by Gasteiger charge is -2.35. The van der Waals surface area contributed by atoms with Crippen LogP contribution in [0.2, 0.25) is 0 Å². The van der Waals surface area contributed by atoms with Crippen LogP contribution in [0, 0.1) is 11.8 Å². The van der Waals surface area contributed by atoms with Crippen molar-refractivity contribution < 1.29 is 18.3 Å². The van der Waals surface area contributed by atoms with Gasteiger partial charge in [0.05, 0.1) is 30.5 Å². The molecule has 8 rings (SSSR count). The van der Waals surface area contributed by atoms with Crippen molar-refractivity contribution in [3.63, 3.8) is 0 Å². The zero-order valence-electron chi connectivity index (χ0n) is 33.4. The zero-order valence-corrected chi connectivity index (χ0v) is 35.1. The first kappa shape index (κ1) is 42.0. The molecule has 2 fully saturated rings. The first-order valence-corrected chi connectivity index (χ1v) is 22.0. The Morgan fingerprint density at radius 1 is 0.690 bits per heavy atom. The average Bonchev–Trinajstić information content (AvgIpc) is 3.91. The third-order valence-corrected chi connectivity index (χ3v) is 12.9. The number of thiophene rings is 2. The summed E-state index contributed by atoms with van der Waals surface area (Å²) < 4.78 is 35.2. The lowest BCUT2D eigenvalue weighted by atomic mass is 9.95. The molecule has 2 aliphatic rings. The van der Waals surface area contributed by atoms with E-state index in [2.05, 4.69) is 88.2 Å². The van der Waals surface area contributed by atoms with Crippen molar-refractivity contribution in [3.8, 4) is 22.3 Å². The first-order valence-electron chi connectivity index (χ1n) is 20.3. The number of methoxy groups -OCH3 is 2. The number of hydrogen-bond acceptors (Lipinski definition) is 12. The monoisotopic (exact) mass is 828 g/mol. The van der Waals surface area contributed by atoms with E-state index in [1.807, 2.05) is 18.2 Å². The number of aromatic nitrogens is 4. The molecule has 2 aromatic carbocycles. The predicted octanol–water partition coefficient (Wildman–Crippen LogP) is 8.60. The van der Waals surface area contributed by atoms with E-state index in [1.165, 1.54) is 40.5 Å². The fraction of sp³-hybridized carbons (Fsp3) is 0.455. The smallest absolute Gasteiger partial charge is 0.250 e. The number of alkyl halides is 2. The van der Waals surface area contributed by atoms with Crippen LogP contribution in [-0.4, -0.2) is 118 Å². The van der Waals surface area contributed by atoms with Crippen molar-refractivity contribution in [2.24, 2.45) is 11.8 Å². The van der Waals surface area contributed by atoms with Crippen LogP contribution in [0.3, 0.4) is 0 Å². The fourth-order valence-corrected chi connectivity index (χ4v) is 9.85. The Bertz CT molecular complexity index is 2120. The molecule has 10 nitrogen and oxygen atoms in total. The summed E-state index contributed by atoms with van der Waals surface area (Å²) in [6.07, 6.45) is 5.37. The number of fused-ring (bicyclic) bond motifs is 2. The van der Waals surface area contributed by atoms with Gasteiger partial charge in [-0.15, -0.1) is 22.7 Å². The third kappa shape index (κ3) is 10.7. The van der Waals surface area contributed by atoms with Gasteiger partial charge in [0, 0.05) is 81.9 Å². The molecular weight excluding hydrogens is 775 g/mol. The van der Waals surface area contributed by atoms with Crippen LogP contribution < -0.4 is 15.1 Å². The predicted molar refractivity (Wildman–Crippen MR) is 235 cm³/mol. The Morgan fingerprint density at radius 3 is 1.60 bits per heavy atom. The van der Waals surface area contributed by atoms with Crippen molar-refractivity contribution >= 4 is 54.7 Å². The minimum absolute atomic E-state index is 0.220. The summed E-state index contributed by atoms with van der Waals surface area (Å²) in [5.41, 5.74) is 4.81. The Kier molecular flexibility index (Phi) is 15.3. The Labute approximate surface area is 348 Å². The van der Waals surface area contributed by atoms with E-state index >= 15 is 0 Å². The van der Waals surface area contributed by atoms with Gasteiger partial charge in [0.2, 0.25) is 0 Å². The van der Waals surface area contributed by atoms with Gasteiger partial charge in [-0.05, 0) is 55.2 Å². The number of nitrogens with one attached hydrogen (secondary N) is 1. The zero-order chi connectivity index (χ0) is 40.1. The van der Waals surface area contributed by atoms with Gasteiger partial charge >= 0.3 is 0 Å². The summed E-state index contributed by atoms with van der Waals surface area (Å²) in [4.78, 5) is 27.6. The second-order valence-electron chi connectivity index (χ2n) is 15.0. The van der Waals surface area contributed by atoms with Crippen LogP contribution >= 0.6 is 22.7 Å². The van der Waals surface area contributed by atoms with Crippen LogP contribution in [0.15, 0.2) is 84.1 Å². The van der Waals surface area contributed by atoms with Crippen LogP contribution in [-0.2, 0) is 9.47 Å². The second-order valence-corrected chi connectivity index (χ2v) is 16.7. The highest BCUT2D eigenvalue weighted by molar-refractivity contribution is 7.17. The second kappa shape index (κ2) is 21.2. The van der Waals surface area contributed by atoms with Gasteiger partial charge in [-0.25, -0.2) is 28.7 Å². The van der Waals surface area contributed by atoms with Crippen molar-refractivity contribution in [3.05, 3.63) is 84.1 Å². The van der Waals surface area contributed by atoms with E-state index in [9.17, 15) is 8.78 Å². The molecule has 2 saturated heterocycles. The summed E-state index contributed by atoms with van der Waals surface area (Å²) in [6.45, 7) is 8.83. The fourth-order valence-electron chi connectivity index (χ4n) is 8.03. The molecule has 0 atom stereocenters. The molecule has 4 aromatic heterocycles. The molecular formula is C44H54F2N8O2S2.